The summed E-state index contributed by atoms with van der Waals surface area (Å²) in [6, 6.07) is 6.16. The first kappa shape index (κ1) is 17.9. The number of hydrogen-bond acceptors (Lipinski definition) is 5. The number of hydrogen-bond donors (Lipinski definition) is 0. The van der Waals surface area contributed by atoms with Crippen LogP contribution in [0.15, 0.2) is 35.5 Å². The summed E-state index contributed by atoms with van der Waals surface area (Å²) in [5.74, 6) is 0.920. The minimum absolute atomic E-state index is 0.250. The summed E-state index contributed by atoms with van der Waals surface area (Å²) in [6.07, 6.45) is 1.83. The number of ether oxygens (including phenoxy) is 1. The van der Waals surface area contributed by atoms with Gasteiger partial charge in [-0.25, -0.2) is 9.36 Å². The predicted octanol–water partition coefficient (Wildman–Crippen LogP) is 1.15. The van der Waals surface area contributed by atoms with Gasteiger partial charge in [0.05, 0.1) is 13.7 Å². The molecule has 1 atom stereocenters. The summed E-state index contributed by atoms with van der Waals surface area (Å²) in [4.78, 5) is 44.0. The fourth-order valence-corrected chi connectivity index (χ4v) is 3.60. The molecular weight excluding hydrogens is 362 g/mol. The van der Waals surface area contributed by atoms with Gasteiger partial charge in [-0.15, -0.1) is 0 Å². The van der Waals surface area contributed by atoms with Crippen LogP contribution in [0.4, 0.5) is 10.7 Å². The number of urea groups is 1. The third-order valence-corrected chi connectivity index (χ3v) is 4.92. The fourth-order valence-electron chi connectivity index (χ4n) is 3.60. The molecule has 9 heteroatoms. The van der Waals surface area contributed by atoms with Gasteiger partial charge in [0.2, 0.25) is 11.9 Å². The molecule has 2 aliphatic rings. The molecule has 0 N–H and O–H groups in total. The van der Waals surface area contributed by atoms with E-state index in [1.807, 2.05) is 42.0 Å². The number of nitrogens with zero attached hydrogens (tertiary/aromatic N) is 5. The number of carbonyl (C=O) groups excluding carboxylic acids is 3. The number of aliphatic imine (C=N–C) groups is 1. The van der Waals surface area contributed by atoms with E-state index < -0.39 is 18.0 Å². The topological polar surface area (TPSA) is 88.1 Å². The number of amidine groups is 1. The lowest BCUT2D eigenvalue weighted by Gasteiger charge is -2.32. The minimum Gasteiger partial charge on any atom is -0.497 e. The summed E-state index contributed by atoms with van der Waals surface area (Å²) in [5.41, 5.74) is 1.74. The van der Waals surface area contributed by atoms with Crippen LogP contribution in [-0.4, -0.2) is 58.6 Å². The van der Waals surface area contributed by atoms with Gasteiger partial charge in [-0.05, 0) is 38.1 Å². The molecule has 0 saturated carbocycles. The van der Waals surface area contributed by atoms with E-state index in [1.54, 1.807) is 18.7 Å². The van der Waals surface area contributed by atoms with Crippen molar-refractivity contribution in [3.05, 3.63) is 36.2 Å². The van der Waals surface area contributed by atoms with E-state index in [2.05, 4.69) is 4.99 Å². The van der Waals surface area contributed by atoms with Crippen LogP contribution in [-0.2, 0) is 9.59 Å². The maximum absolute atomic E-state index is 13.0. The third kappa shape index (κ3) is 2.50. The van der Waals surface area contributed by atoms with Gasteiger partial charge in [-0.2, -0.15) is 4.57 Å². The average molecular weight is 382 g/mol. The second-order valence-electron chi connectivity index (χ2n) is 6.85. The summed E-state index contributed by atoms with van der Waals surface area (Å²) < 4.78 is 8.86. The Balaban J connectivity index is 1.81. The molecule has 1 saturated heterocycles. The molecule has 1 fully saturated rings. The molecule has 0 radical (unpaired) electrons. The number of benzene rings is 1. The lowest BCUT2D eigenvalue weighted by atomic mass is 10.1. The number of rotatable bonds is 4. The fraction of sp³-hybridized carbons (Fsp3) is 0.316. The van der Waals surface area contributed by atoms with Crippen LogP contribution >= 0.6 is 0 Å². The molecule has 0 aliphatic carbocycles. The Labute approximate surface area is 161 Å². The van der Waals surface area contributed by atoms with E-state index in [-0.39, 0.29) is 12.3 Å². The minimum atomic E-state index is -0.768. The van der Waals surface area contributed by atoms with Gasteiger partial charge in [-0.3, -0.25) is 19.4 Å². The zero-order valence-electron chi connectivity index (χ0n) is 16.0. The SMILES string of the molecule is COc1ccc(-n2c(C)c[n+]3c2N=C2C3C(=O)N(CC(C)=O)C(=O)N2C)cc1. The van der Waals surface area contributed by atoms with Gasteiger partial charge in [0.25, 0.3) is 5.91 Å². The number of imidazole rings is 1. The van der Waals surface area contributed by atoms with Crippen LogP contribution in [0, 0.1) is 6.92 Å². The molecule has 2 aliphatic heterocycles. The molecule has 144 valence electrons. The molecule has 1 aromatic heterocycles. The molecule has 1 unspecified atom stereocenters. The van der Waals surface area contributed by atoms with Crippen LogP contribution in [0.25, 0.3) is 5.69 Å². The standard InChI is InChI=1S/C19H20N5O4/c1-11-9-22-15-16(21(3)19(27)23(17(15)26)10-12(2)25)20-18(22)24(11)13-5-7-14(28-4)8-6-13/h5-9,15H,10H2,1-4H3/q+1. The first-order chi connectivity index (χ1) is 13.3. The van der Waals surface area contributed by atoms with Crippen molar-refractivity contribution in [3.63, 3.8) is 0 Å². The van der Waals surface area contributed by atoms with Crippen molar-refractivity contribution < 1.29 is 23.7 Å². The normalized spacial score (nSPS) is 18.1. The molecule has 3 heterocycles. The smallest absolute Gasteiger partial charge is 0.406 e. The first-order valence-corrected chi connectivity index (χ1v) is 8.78. The number of aromatic nitrogens is 2. The number of imide groups is 1. The van der Waals surface area contributed by atoms with E-state index in [9.17, 15) is 14.4 Å². The van der Waals surface area contributed by atoms with E-state index >= 15 is 0 Å². The lowest BCUT2D eigenvalue weighted by molar-refractivity contribution is -0.676. The number of aryl methyl sites for hydroxylation is 1. The Morgan fingerprint density at radius 1 is 1.25 bits per heavy atom. The molecular formula is C19H20N5O4+. The van der Waals surface area contributed by atoms with Crippen molar-refractivity contribution >= 4 is 29.5 Å². The Hall–Kier alpha value is -3.49. The van der Waals surface area contributed by atoms with Crippen LogP contribution in [0.3, 0.4) is 0 Å². The second kappa shape index (κ2) is 6.29. The summed E-state index contributed by atoms with van der Waals surface area (Å²) in [7, 11) is 3.16. The highest BCUT2D eigenvalue weighted by molar-refractivity contribution is 6.19. The summed E-state index contributed by atoms with van der Waals surface area (Å²) in [5, 5.41) is 0. The van der Waals surface area contributed by atoms with Crippen LogP contribution in [0.1, 0.15) is 18.7 Å². The highest BCUT2D eigenvalue weighted by Gasteiger charge is 2.53. The lowest BCUT2D eigenvalue weighted by Crippen LogP contribution is -2.63. The molecule has 2 aromatic rings. The third-order valence-electron chi connectivity index (χ3n) is 4.92. The number of ketones is 1. The zero-order chi connectivity index (χ0) is 20.2. The van der Waals surface area contributed by atoms with Gasteiger partial charge in [-0.1, -0.05) is 4.99 Å². The molecule has 1 aromatic carbocycles. The molecule has 28 heavy (non-hydrogen) atoms. The van der Waals surface area contributed by atoms with Gasteiger partial charge >= 0.3 is 12.0 Å². The Bertz CT molecular complexity index is 1040. The first-order valence-electron chi connectivity index (χ1n) is 8.78. The maximum atomic E-state index is 13.0. The number of fused-ring (bicyclic) bond motifs is 3. The number of amides is 3. The highest BCUT2D eigenvalue weighted by atomic mass is 16.5. The molecule has 3 amide bonds. The van der Waals surface area contributed by atoms with Crippen molar-refractivity contribution in [1.29, 1.82) is 0 Å². The molecule has 0 spiro atoms. The molecule has 9 nitrogen and oxygen atoms in total. The largest absolute Gasteiger partial charge is 0.497 e. The van der Waals surface area contributed by atoms with E-state index in [0.717, 1.165) is 22.0 Å². The van der Waals surface area contributed by atoms with Crippen molar-refractivity contribution in [1.82, 2.24) is 14.4 Å². The zero-order valence-corrected chi connectivity index (χ0v) is 16.0. The number of methoxy groups -OCH3 is 1. The van der Waals surface area contributed by atoms with Gasteiger partial charge in [0.1, 0.15) is 29.1 Å². The van der Waals surface area contributed by atoms with Crippen molar-refractivity contribution in [2.75, 3.05) is 20.7 Å². The quantitative estimate of drug-likeness (QED) is 0.742. The number of Topliss-reactive ketones (excluding diaryl/α,β-unsaturated/α-hetero) is 1. The summed E-state index contributed by atoms with van der Waals surface area (Å²) >= 11 is 0. The van der Waals surface area contributed by atoms with Crippen LogP contribution in [0.2, 0.25) is 0 Å². The van der Waals surface area contributed by atoms with E-state index in [1.165, 1.54) is 11.8 Å². The van der Waals surface area contributed by atoms with Gasteiger partial charge in [0, 0.05) is 7.05 Å². The van der Waals surface area contributed by atoms with Crippen LogP contribution in [0.5, 0.6) is 5.75 Å². The van der Waals surface area contributed by atoms with Crippen LogP contribution < -0.4 is 9.30 Å². The summed E-state index contributed by atoms with van der Waals surface area (Å²) in [6.45, 7) is 3.02. The molecule has 4 rings (SSSR count). The van der Waals surface area contributed by atoms with Gasteiger partial charge < -0.3 is 4.74 Å². The number of likely N-dealkylation sites (N-methyl/N-ethyl adjacent to an activating group) is 1. The maximum Gasteiger partial charge on any atom is 0.406 e. The Morgan fingerprint density at radius 3 is 2.54 bits per heavy atom. The Morgan fingerprint density at radius 2 is 1.93 bits per heavy atom. The van der Waals surface area contributed by atoms with E-state index in [0.29, 0.717) is 11.8 Å². The van der Waals surface area contributed by atoms with Crippen molar-refractivity contribution in [3.8, 4) is 11.4 Å². The Kier molecular flexibility index (Phi) is 4.02. The number of carbonyl (C=O) groups is 3. The van der Waals surface area contributed by atoms with E-state index in [4.69, 9.17) is 4.74 Å². The highest BCUT2D eigenvalue weighted by Crippen LogP contribution is 2.31. The monoisotopic (exact) mass is 382 g/mol. The average Bonchev–Trinajstić information content (AvgIpc) is 3.18. The second-order valence-corrected chi connectivity index (χ2v) is 6.85. The predicted molar refractivity (Wildman–Crippen MR) is 98.9 cm³/mol. The van der Waals surface area contributed by atoms with Crippen molar-refractivity contribution in [2.24, 2.45) is 4.99 Å². The van der Waals surface area contributed by atoms with Gasteiger partial charge in [0.15, 0.2) is 0 Å². The molecule has 0 bridgehead atoms. The van der Waals surface area contributed by atoms with Crippen molar-refractivity contribution in [2.45, 2.75) is 19.9 Å².